The lowest BCUT2D eigenvalue weighted by atomic mass is 9.81. The fourth-order valence-corrected chi connectivity index (χ4v) is 6.92. The minimum absolute atomic E-state index is 0.147. The number of aliphatic hydroxyl groups is 1. The monoisotopic (exact) mass is 694 g/mol. The molecule has 0 radical (unpaired) electrons. The van der Waals surface area contributed by atoms with Gasteiger partial charge in [-0.3, -0.25) is 4.57 Å². The van der Waals surface area contributed by atoms with E-state index in [0.29, 0.717) is 32.9 Å². The van der Waals surface area contributed by atoms with Crippen molar-refractivity contribution in [2.24, 2.45) is 0 Å². The van der Waals surface area contributed by atoms with Crippen LogP contribution in [0.2, 0.25) is 10.0 Å². The summed E-state index contributed by atoms with van der Waals surface area (Å²) in [6.07, 6.45) is 1.76. The van der Waals surface area contributed by atoms with Gasteiger partial charge in [0.2, 0.25) is 0 Å². The number of thioether (sulfide) groups is 1. The zero-order chi connectivity index (χ0) is 33.2. The smallest absolute Gasteiger partial charge is 0.328 e. The standard InChI is InChI=1S/C31H33Cl2FN4O5S2/c1-30(2,40)18-36-28(39)37-45(41,42)23-12-6-19(25(33)15-23)17-44-29-35-16-27(38(29)22-10-8-21(34)9-11-22)31(3,4)20-7-13-24(32)26(14-20)43-5/h6-16,40H,17-18H2,1-5H3,(H2,36,37,39). The average Bonchev–Trinajstić information content (AvgIpc) is 3.40. The van der Waals surface area contributed by atoms with Crippen LogP contribution in [0.25, 0.3) is 5.69 Å². The normalized spacial score (nSPS) is 12.2. The molecular weight excluding hydrogens is 662 g/mol. The molecule has 0 bridgehead atoms. The van der Waals surface area contributed by atoms with E-state index in [4.69, 9.17) is 32.9 Å². The van der Waals surface area contributed by atoms with Crippen molar-refractivity contribution in [3.05, 3.63) is 99.5 Å². The van der Waals surface area contributed by atoms with E-state index in [1.54, 1.807) is 37.6 Å². The number of rotatable bonds is 11. The van der Waals surface area contributed by atoms with E-state index in [2.05, 4.69) is 5.32 Å². The molecule has 3 aromatic carbocycles. The van der Waals surface area contributed by atoms with Crippen molar-refractivity contribution < 1.29 is 27.4 Å². The number of amides is 2. The van der Waals surface area contributed by atoms with Crippen LogP contribution in [0.4, 0.5) is 9.18 Å². The number of hydrogen-bond donors (Lipinski definition) is 3. The highest BCUT2D eigenvalue weighted by Crippen LogP contribution is 2.39. The number of ether oxygens (including phenoxy) is 1. The maximum atomic E-state index is 13.9. The molecule has 0 fully saturated rings. The molecule has 240 valence electrons. The molecule has 0 aliphatic rings. The number of aromatic nitrogens is 2. The van der Waals surface area contributed by atoms with E-state index in [1.807, 2.05) is 35.3 Å². The molecule has 9 nitrogen and oxygen atoms in total. The molecule has 45 heavy (non-hydrogen) atoms. The summed E-state index contributed by atoms with van der Waals surface area (Å²) in [5, 5.41) is 13.3. The number of carbonyl (C=O) groups excluding carboxylic acids is 1. The van der Waals surface area contributed by atoms with Crippen LogP contribution in [0, 0.1) is 5.82 Å². The van der Waals surface area contributed by atoms with Crippen LogP contribution < -0.4 is 14.8 Å². The van der Waals surface area contributed by atoms with Gasteiger partial charge in [-0.05, 0) is 73.5 Å². The van der Waals surface area contributed by atoms with E-state index in [1.165, 1.54) is 49.9 Å². The summed E-state index contributed by atoms with van der Waals surface area (Å²) in [5.74, 6) is 0.489. The first-order valence-corrected chi connectivity index (χ1v) is 16.9. The zero-order valence-corrected chi connectivity index (χ0v) is 28.3. The highest BCUT2D eigenvalue weighted by Gasteiger charge is 2.30. The molecular formula is C31H33Cl2FN4O5S2. The number of sulfonamides is 1. The van der Waals surface area contributed by atoms with Crippen molar-refractivity contribution in [1.29, 1.82) is 0 Å². The Hall–Kier alpha value is -3.29. The molecule has 0 atom stereocenters. The maximum Gasteiger partial charge on any atom is 0.328 e. The van der Waals surface area contributed by atoms with Crippen LogP contribution in [0.1, 0.15) is 44.5 Å². The number of methoxy groups -OCH3 is 1. The molecule has 14 heteroatoms. The maximum absolute atomic E-state index is 13.9. The molecule has 0 spiro atoms. The number of hydrogen-bond acceptors (Lipinski definition) is 7. The molecule has 0 aliphatic heterocycles. The predicted octanol–water partition coefficient (Wildman–Crippen LogP) is 6.70. The van der Waals surface area contributed by atoms with Crippen molar-refractivity contribution in [2.75, 3.05) is 13.7 Å². The minimum atomic E-state index is -4.23. The fraction of sp³-hybridized carbons (Fsp3) is 0.290. The van der Waals surface area contributed by atoms with Crippen molar-refractivity contribution in [3.63, 3.8) is 0 Å². The van der Waals surface area contributed by atoms with Gasteiger partial charge in [0.05, 0.1) is 34.5 Å². The number of imidazole rings is 1. The molecule has 4 rings (SSSR count). The Morgan fingerprint density at radius 3 is 2.36 bits per heavy atom. The average molecular weight is 696 g/mol. The zero-order valence-electron chi connectivity index (χ0n) is 25.2. The number of carbonyl (C=O) groups is 1. The van der Waals surface area contributed by atoms with Crippen LogP contribution in [0.15, 0.2) is 76.9 Å². The van der Waals surface area contributed by atoms with E-state index in [9.17, 15) is 22.7 Å². The first-order chi connectivity index (χ1) is 21.0. The van der Waals surface area contributed by atoms with Gasteiger partial charge in [-0.2, -0.15) is 0 Å². The van der Waals surface area contributed by atoms with E-state index in [-0.39, 0.29) is 22.3 Å². The molecule has 3 N–H and O–H groups in total. The van der Waals surface area contributed by atoms with Crippen molar-refractivity contribution in [1.82, 2.24) is 19.6 Å². The summed E-state index contributed by atoms with van der Waals surface area (Å²) < 4.78 is 48.7. The third-order valence-corrected chi connectivity index (χ3v) is 9.92. The van der Waals surface area contributed by atoms with Crippen LogP contribution in [-0.2, 0) is 21.2 Å². The van der Waals surface area contributed by atoms with Crippen LogP contribution >= 0.6 is 35.0 Å². The van der Waals surface area contributed by atoms with Crippen molar-refractivity contribution in [2.45, 2.75) is 54.5 Å². The van der Waals surface area contributed by atoms with Crippen molar-refractivity contribution in [3.8, 4) is 11.4 Å². The van der Waals surface area contributed by atoms with Gasteiger partial charge in [-0.15, -0.1) is 0 Å². The lowest BCUT2D eigenvalue weighted by molar-refractivity contribution is 0.0822. The molecule has 0 unspecified atom stereocenters. The fourth-order valence-electron chi connectivity index (χ4n) is 4.38. The Morgan fingerprint density at radius 2 is 1.73 bits per heavy atom. The number of nitrogens with one attached hydrogen (secondary N) is 2. The quantitative estimate of drug-likeness (QED) is 0.149. The van der Waals surface area contributed by atoms with E-state index >= 15 is 0 Å². The topological polar surface area (TPSA) is 123 Å². The second-order valence-corrected chi connectivity index (χ2v) is 14.8. The van der Waals surface area contributed by atoms with Gasteiger partial charge in [0, 0.05) is 28.4 Å². The molecule has 1 aromatic heterocycles. The third-order valence-electron chi connectivity index (χ3n) is 6.93. The number of halogens is 3. The van der Waals surface area contributed by atoms with Gasteiger partial charge in [-0.1, -0.05) is 60.9 Å². The van der Waals surface area contributed by atoms with Gasteiger partial charge in [0.1, 0.15) is 11.6 Å². The second-order valence-electron chi connectivity index (χ2n) is 11.4. The number of urea groups is 1. The van der Waals surface area contributed by atoms with Gasteiger partial charge in [0.25, 0.3) is 10.0 Å². The van der Waals surface area contributed by atoms with E-state index < -0.39 is 27.1 Å². The van der Waals surface area contributed by atoms with Gasteiger partial charge in [-0.25, -0.2) is 27.3 Å². The molecule has 1 heterocycles. The van der Waals surface area contributed by atoms with Gasteiger partial charge in [0.15, 0.2) is 5.16 Å². The summed E-state index contributed by atoms with van der Waals surface area (Å²) >= 11 is 14.1. The highest BCUT2D eigenvalue weighted by atomic mass is 35.5. The summed E-state index contributed by atoms with van der Waals surface area (Å²) in [7, 11) is -2.68. The Labute approximate surface area is 276 Å². The SMILES string of the molecule is COc1cc(C(C)(C)c2cnc(SCc3ccc(S(=O)(=O)NC(=O)NCC(C)(C)O)cc3Cl)n2-c2ccc(F)cc2)ccc1Cl. The second kappa shape index (κ2) is 13.6. The molecule has 4 aromatic rings. The number of nitrogens with zero attached hydrogens (tertiary/aromatic N) is 2. The Bertz CT molecular complexity index is 1810. The molecule has 0 aliphatic carbocycles. The van der Waals surface area contributed by atoms with Gasteiger partial charge >= 0.3 is 6.03 Å². The summed E-state index contributed by atoms with van der Waals surface area (Å²) in [6, 6.07) is 14.8. The molecule has 2 amide bonds. The lowest BCUT2D eigenvalue weighted by Gasteiger charge is -2.28. The first-order valence-electron chi connectivity index (χ1n) is 13.6. The predicted molar refractivity (Wildman–Crippen MR) is 175 cm³/mol. The summed E-state index contributed by atoms with van der Waals surface area (Å²) in [6.45, 7) is 6.88. The van der Waals surface area contributed by atoms with Crippen LogP contribution in [-0.4, -0.2) is 48.4 Å². The Morgan fingerprint density at radius 1 is 1.04 bits per heavy atom. The molecule has 0 saturated heterocycles. The van der Waals surface area contributed by atoms with Crippen molar-refractivity contribution >= 4 is 51.0 Å². The first kappa shape index (κ1) is 34.6. The Kier molecular flexibility index (Phi) is 10.4. The van der Waals surface area contributed by atoms with Crippen LogP contribution in [0.5, 0.6) is 5.75 Å². The summed E-state index contributed by atoms with van der Waals surface area (Å²) in [4.78, 5) is 16.6. The lowest BCUT2D eigenvalue weighted by Crippen LogP contribution is -2.45. The highest BCUT2D eigenvalue weighted by molar-refractivity contribution is 7.98. The third kappa shape index (κ3) is 8.30. The molecule has 0 saturated carbocycles. The largest absolute Gasteiger partial charge is 0.495 e. The summed E-state index contributed by atoms with van der Waals surface area (Å²) in [5.41, 5.74) is 1.27. The van der Waals surface area contributed by atoms with E-state index in [0.717, 1.165) is 11.3 Å². The Balaban J connectivity index is 1.61. The number of benzene rings is 3. The minimum Gasteiger partial charge on any atom is -0.495 e. The van der Waals surface area contributed by atoms with Gasteiger partial charge < -0.3 is 15.2 Å². The van der Waals surface area contributed by atoms with Crippen LogP contribution in [0.3, 0.4) is 0 Å².